The molecule has 1 unspecified atom stereocenters. The predicted octanol–water partition coefficient (Wildman–Crippen LogP) is -0.246. The van der Waals surface area contributed by atoms with Crippen LogP contribution in [0, 0.1) is 5.92 Å². The van der Waals surface area contributed by atoms with E-state index in [0.29, 0.717) is 12.8 Å². The minimum absolute atomic E-state index is 0.0498. The average molecular weight is 141 g/mol. The standard InChI is InChI=1S/C7H11NO2/c9-5-7(10)6-2-1-3-8-4-6/h5-6,8H,1-4H2. The van der Waals surface area contributed by atoms with E-state index in [9.17, 15) is 9.59 Å². The lowest BCUT2D eigenvalue weighted by molar-refractivity contribution is -0.132. The molecule has 0 aromatic carbocycles. The quantitative estimate of drug-likeness (QED) is 0.426. The van der Waals surface area contributed by atoms with Crippen LogP contribution in [0.2, 0.25) is 0 Å². The van der Waals surface area contributed by atoms with Gasteiger partial charge >= 0.3 is 0 Å². The predicted molar refractivity (Wildman–Crippen MR) is 36.7 cm³/mol. The summed E-state index contributed by atoms with van der Waals surface area (Å²) in [6, 6.07) is 0. The van der Waals surface area contributed by atoms with E-state index in [4.69, 9.17) is 0 Å². The van der Waals surface area contributed by atoms with E-state index in [1.165, 1.54) is 0 Å². The highest BCUT2D eigenvalue weighted by Gasteiger charge is 2.19. The molecule has 0 bridgehead atoms. The number of Topliss-reactive ketones (excluding diaryl/α,β-unsaturated/α-hetero) is 1. The summed E-state index contributed by atoms with van der Waals surface area (Å²) in [5.74, 6) is -0.307. The van der Waals surface area contributed by atoms with Crippen LogP contribution in [0.4, 0.5) is 0 Å². The van der Waals surface area contributed by atoms with Crippen molar-refractivity contribution in [3.8, 4) is 0 Å². The minimum atomic E-state index is -0.257. The van der Waals surface area contributed by atoms with Gasteiger partial charge in [-0.05, 0) is 19.4 Å². The fourth-order valence-corrected chi connectivity index (χ4v) is 1.19. The highest BCUT2D eigenvalue weighted by atomic mass is 16.2. The minimum Gasteiger partial charge on any atom is -0.316 e. The molecule has 1 N–H and O–H groups in total. The summed E-state index contributed by atoms with van der Waals surface area (Å²) in [5, 5.41) is 3.07. The molecule has 0 amide bonds. The number of rotatable bonds is 2. The van der Waals surface area contributed by atoms with Crippen LogP contribution in [0.15, 0.2) is 0 Å². The van der Waals surface area contributed by atoms with Crippen molar-refractivity contribution in [2.75, 3.05) is 13.1 Å². The van der Waals surface area contributed by atoms with Gasteiger partial charge in [-0.3, -0.25) is 9.59 Å². The largest absolute Gasteiger partial charge is 0.316 e. The van der Waals surface area contributed by atoms with E-state index in [1.54, 1.807) is 0 Å². The Kier molecular flexibility index (Phi) is 2.57. The fourth-order valence-electron chi connectivity index (χ4n) is 1.19. The van der Waals surface area contributed by atoms with Crippen molar-refractivity contribution in [3.63, 3.8) is 0 Å². The zero-order chi connectivity index (χ0) is 7.40. The van der Waals surface area contributed by atoms with E-state index in [-0.39, 0.29) is 11.7 Å². The van der Waals surface area contributed by atoms with Crippen LogP contribution in [-0.4, -0.2) is 25.2 Å². The molecule has 1 aliphatic rings. The molecule has 56 valence electrons. The Morgan fingerprint density at radius 3 is 2.90 bits per heavy atom. The summed E-state index contributed by atoms with van der Waals surface area (Å²) in [6.45, 7) is 1.65. The second kappa shape index (κ2) is 3.46. The molecule has 0 aromatic heterocycles. The molecule has 1 saturated heterocycles. The smallest absolute Gasteiger partial charge is 0.199 e. The Morgan fingerprint density at radius 2 is 2.40 bits per heavy atom. The van der Waals surface area contributed by atoms with E-state index < -0.39 is 0 Å². The third-order valence-electron chi connectivity index (χ3n) is 1.82. The lowest BCUT2D eigenvalue weighted by Crippen LogP contribution is -2.34. The molecule has 0 radical (unpaired) electrons. The van der Waals surface area contributed by atoms with Gasteiger partial charge in [0.05, 0.1) is 0 Å². The van der Waals surface area contributed by atoms with Crippen molar-refractivity contribution < 1.29 is 9.59 Å². The second-order valence-corrected chi connectivity index (χ2v) is 2.56. The van der Waals surface area contributed by atoms with Crippen LogP contribution < -0.4 is 5.32 Å². The summed E-state index contributed by atoms with van der Waals surface area (Å²) < 4.78 is 0. The summed E-state index contributed by atoms with van der Waals surface area (Å²) in [6.07, 6.45) is 2.30. The summed E-state index contributed by atoms with van der Waals surface area (Å²) in [7, 11) is 0. The van der Waals surface area contributed by atoms with Gasteiger partial charge in [-0.25, -0.2) is 0 Å². The maximum atomic E-state index is 10.8. The lowest BCUT2D eigenvalue weighted by Gasteiger charge is -2.18. The molecule has 1 fully saturated rings. The van der Waals surface area contributed by atoms with Crippen LogP contribution in [-0.2, 0) is 9.59 Å². The van der Waals surface area contributed by atoms with Crippen molar-refractivity contribution >= 4 is 12.1 Å². The maximum absolute atomic E-state index is 10.8. The third-order valence-corrected chi connectivity index (χ3v) is 1.82. The van der Waals surface area contributed by atoms with Gasteiger partial charge in [0.25, 0.3) is 0 Å². The van der Waals surface area contributed by atoms with Crippen LogP contribution in [0.25, 0.3) is 0 Å². The molecular weight excluding hydrogens is 130 g/mol. The van der Waals surface area contributed by atoms with Crippen LogP contribution >= 0.6 is 0 Å². The van der Waals surface area contributed by atoms with E-state index in [0.717, 1.165) is 19.4 Å². The molecule has 3 heteroatoms. The first-order valence-electron chi connectivity index (χ1n) is 3.54. The van der Waals surface area contributed by atoms with Gasteiger partial charge in [-0.1, -0.05) is 0 Å². The van der Waals surface area contributed by atoms with Crippen molar-refractivity contribution in [2.24, 2.45) is 5.92 Å². The summed E-state index contributed by atoms with van der Waals surface area (Å²) in [4.78, 5) is 20.8. The Bertz CT molecular complexity index is 139. The van der Waals surface area contributed by atoms with Crippen LogP contribution in [0.1, 0.15) is 12.8 Å². The molecule has 0 aromatic rings. The van der Waals surface area contributed by atoms with Crippen molar-refractivity contribution in [3.05, 3.63) is 0 Å². The first kappa shape index (κ1) is 7.41. The molecule has 10 heavy (non-hydrogen) atoms. The van der Waals surface area contributed by atoms with E-state index in [1.807, 2.05) is 0 Å². The zero-order valence-corrected chi connectivity index (χ0v) is 5.80. The van der Waals surface area contributed by atoms with Gasteiger partial charge in [-0.2, -0.15) is 0 Å². The molecule has 3 nitrogen and oxygen atoms in total. The number of ketones is 1. The van der Waals surface area contributed by atoms with Gasteiger partial charge in [0, 0.05) is 12.5 Å². The Morgan fingerprint density at radius 1 is 1.60 bits per heavy atom. The van der Waals surface area contributed by atoms with Crippen LogP contribution in [0.3, 0.4) is 0 Å². The Hall–Kier alpha value is -0.700. The number of carbonyl (C=O) groups is 2. The number of aldehydes is 1. The van der Waals surface area contributed by atoms with Gasteiger partial charge in [0.15, 0.2) is 12.1 Å². The van der Waals surface area contributed by atoms with Crippen molar-refractivity contribution in [2.45, 2.75) is 12.8 Å². The maximum Gasteiger partial charge on any atom is 0.199 e. The molecule has 1 heterocycles. The molecule has 0 aliphatic carbocycles. The molecule has 0 saturated carbocycles. The first-order valence-corrected chi connectivity index (χ1v) is 3.54. The van der Waals surface area contributed by atoms with Crippen molar-refractivity contribution in [1.82, 2.24) is 5.32 Å². The molecule has 1 rings (SSSR count). The van der Waals surface area contributed by atoms with Gasteiger partial charge < -0.3 is 5.32 Å². The van der Waals surface area contributed by atoms with E-state index >= 15 is 0 Å². The third kappa shape index (κ3) is 1.64. The molecule has 1 atom stereocenters. The average Bonchev–Trinajstić information content (AvgIpc) is 2.05. The topological polar surface area (TPSA) is 46.2 Å². The normalized spacial score (nSPS) is 25.8. The Labute approximate surface area is 59.8 Å². The van der Waals surface area contributed by atoms with Gasteiger partial charge in [-0.15, -0.1) is 0 Å². The number of hydrogen-bond donors (Lipinski definition) is 1. The number of piperidine rings is 1. The monoisotopic (exact) mass is 141 g/mol. The first-order chi connectivity index (χ1) is 4.84. The molecule has 1 aliphatic heterocycles. The lowest BCUT2D eigenvalue weighted by atomic mass is 9.96. The highest BCUT2D eigenvalue weighted by Crippen LogP contribution is 2.09. The summed E-state index contributed by atoms with van der Waals surface area (Å²) in [5.41, 5.74) is 0. The van der Waals surface area contributed by atoms with Gasteiger partial charge in [0.1, 0.15) is 0 Å². The Balaban J connectivity index is 2.38. The molecule has 0 spiro atoms. The fraction of sp³-hybridized carbons (Fsp3) is 0.714. The number of nitrogens with one attached hydrogen (secondary N) is 1. The number of carbonyl (C=O) groups excluding carboxylic acids is 2. The zero-order valence-electron chi connectivity index (χ0n) is 5.80. The van der Waals surface area contributed by atoms with Crippen LogP contribution in [0.5, 0.6) is 0 Å². The molecular formula is C7H11NO2. The van der Waals surface area contributed by atoms with E-state index in [2.05, 4.69) is 5.32 Å². The summed E-state index contributed by atoms with van der Waals surface area (Å²) >= 11 is 0. The SMILES string of the molecule is O=CC(=O)C1CCCNC1. The number of hydrogen-bond acceptors (Lipinski definition) is 3. The highest BCUT2D eigenvalue weighted by molar-refractivity contribution is 6.26. The van der Waals surface area contributed by atoms with Gasteiger partial charge in [0.2, 0.25) is 0 Å². The van der Waals surface area contributed by atoms with Crippen molar-refractivity contribution in [1.29, 1.82) is 0 Å². The second-order valence-electron chi connectivity index (χ2n) is 2.56.